The number of hydrogen-bond acceptors (Lipinski definition) is 5. The van der Waals surface area contributed by atoms with Crippen LogP contribution in [0.25, 0.3) is 10.6 Å². The molecule has 0 radical (unpaired) electrons. The van der Waals surface area contributed by atoms with Crippen LogP contribution in [0.1, 0.15) is 0 Å². The van der Waals surface area contributed by atoms with Crippen molar-refractivity contribution in [3.63, 3.8) is 0 Å². The summed E-state index contributed by atoms with van der Waals surface area (Å²) in [6.07, 6.45) is 0. The average Bonchev–Trinajstić information content (AvgIpc) is 3.25. The molecule has 1 saturated heterocycles. The second-order valence-electron chi connectivity index (χ2n) is 6.14. The molecule has 1 aliphatic heterocycles. The van der Waals surface area contributed by atoms with Crippen LogP contribution in [0, 0.1) is 5.82 Å². The molecule has 3 aromatic rings. The lowest BCUT2D eigenvalue weighted by molar-refractivity contribution is 0.208. The molecule has 0 saturated carbocycles. The highest BCUT2D eigenvalue weighted by atomic mass is 32.1. The van der Waals surface area contributed by atoms with Gasteiger partial charge in [-0.3, -0.25) is 0 Å². The van der Waals surface area contributed by atoms with E-state index in [4.69, 9.17) is 0 Å². The van der Waals surface area contributed by atoms with Crippen LogP contribution in [0.3, 0.4) is 0 Å². The van der Waals surface area contributed by atoms with Gasteiger partial charge in [-0.05, 0) is 35.7 Å². The van der Waals surface area contributed by atoms with E-state index in [1.54, 1.807) is 34.4 Å². The molecular weight excluding hydrogens is 365 g/mol. The fourth-order valence-electron chi connectivity index (χ4n) is 2.95. The molecule has 0 unspecified atom stereocenters. The first-order chi connectivity index (χ1) is 13.2. The summed E-state index contributed by atoms with van der Waals surface area (Å²) in [7, 11) is 0. The minimum atomic E-state index is -0.439. The molecule has 0 bridgehead atoms. The topological polar surface area (TPSA) is 61.4 Å². The molecule has 3 heterocycles. The Balaban J connectivity index is 1.34. The summed E-state index contributed by atoms with van der Waals surface area (Å²) in [5.41, 5.74) is 1.05. The number of thiophene rings is 1. The van der Waals surface area contributed by atoms with Crippen molar-refractivity contribution in [1.29, 1.82) is 0 Å². The van der Waals surface area contributed by atoms with Crippen molar-refractivity contribution in [2.75, 3.05) is 36.4 Å². The Hall–Kier alpha value is -3.00. The first kappa shape index (κ1) is 17.4. The lowest BCUT2D eigenvalue weighted by Gasteiger charge is -2.35. The summed E-state index contributed by atoms with van der Waals surface area (Å²) in [6.45, 7) is 2.37. The first-order valence-electron chi connectivity index (χ1n) is 8.64. The van der Waals surface area contributed by atoms with Gasteiger partial charge in [-0.25, -0.2) is 9.18 Å². The molecular formula is C19H18FN5OS. The van der Waals surface area contributed by atoms with E-state index in [1.807, 2.05) is 29.6 Å². The zero-order valence-electron chi connectivity index (χ0n) is 14.5. The monoisotopic (exact) mass is 383 g/mol. The molecule has 0 spiro atoms. The number of benzene rings is 1. The molecule has 6 nitrogen and oxygen atoms in total. The molecule has 0 aliphatic carbocycles. The minimum Gasteiger partial charge on any atom is -0.352 e. The van der Waals surface area contributed by atoms with Crippen LogP contribution in [0.2, 0.25) is 0 Å². The maximum Gasteiger partial charge on any atom is 0.322 e. The van der Waals surface area contributed by atoms with E-state index in [0.29, 0.717) is 26.2 Å². The van der Waals surface area contributed by atoms with Gasteiger partial charge in [-0.2, -0.15) is 0 Å². The quantitative estimate of drug-likeness (QED) is 0.749. The Morgan fingerprint density at radius 1 is 1.00 bits per heavy atom. The predicted molar refractivity (Wildman–Crippen MR) is 105 cm³/mol. The normalized spacial score (nSPS) is 14.3. The van der Waals surface area contributed by atoms with Crippen molar-refractivity contribution in [3.8, 4) is 10.6 Å². The molecule has 138 valence electrons. The number of hydrogen-bond donors (Lipinski definition) is 1. The minimum absolute atomic E-state index is 0.194. The highest BCUT2D eigenvalue weighted by molar-refractivity contribution is 7.13. The van der Waals surface area contributed by atoms with Crippen molar-refractivity contribution in [2.45, 2.75) is 0 Å². The zero-order chi connectivity index (χ0) is 18.6. The van der Waals surface area contributed by atoms with Crippen LogP contribution >= 0.6 is 11.3 Å². The number of nitrogens with zero attached hydrogens (tertiary/aromatic N) is 4. The summed E-state index contributed by atoms with van der Waals surface area (Å²) in [5.74, 6) is 0.357. The third-order valence-electron chi connectivity index (χ3n) is 4.43. The number of nitrogens with one attached hydrogen (secondary N) is 1. The number of urea groups is 1. The molecule has 2 aromatic heterocycles. The SMILES string of the molecule is O=C(Nc1ccccc1F)N1CCN(c2ccc(-c3cccs3)nn2)CC1. The molecule has 1 aromatic carbocycles. The second kappa shape index (κ2) is 7.71. The van der Waals surface area contributed by atoms with E-state index >= 15 is 0 Å². The first-order valence-corrected chi connectivity index (χ1v) is 9.52. The van der Waals surface area contributed by atoms with Crippen molar-refractivity contribution in [1.82, 2.24) is 15.1 Å². The Bertz CT molecular complexity index is 908. The molecule has 2 amide bonds. The largest absolute Gasteiger partial charge is 0.352 e. The van der Waals surface area contributed by atoms with Crippen LogP contribution in [0.5, 0.6) is 0 Å². The number of aromatic nitrogens is 2. The highest BCUT2D eigenvalue weighted by Crippen LogP contribution is 2.23. The lowest BCUT2D eigenvalue weighted by Crippen LogP contribution is -2.50. The van der Waals surface area contributed by atoms with Crippen molar-refractivity contribution in [3.05, 3.63) is 59.7 Å². The van der Waals surface area contributed by atoms with Crippen LogP contribution in [-0.4, -0.2) is 47.3 Å². The number of rotatable bonds is 3. The van der Waals surface area contributed by atoms with Gasteiger partial charge >= 0.3 is 6.03 Å². The maximum atomic E-state index is 13.7. The average molecular weight is 383 g/mol. The number of amides is 2. The maximum absolute atomic E-state index is 13.7. The van der Waals surface area contributed by atoms with Gasteiger partial charge in [0.2, 0.25) is 0 Å². The fraction of sp³-hybridized carbons (Fsp3) is 0.211. The van der Waals surface area contributed by atoms with E-state index in [0.717, 1.165) is 16.4 Å². The molecule has 0 atom stereocenters. The van der Waals surface area contributed by atoms with E-state index in [2.05, 4.69) is 20.4 Å². The fourth-order valence-corrected chi connectivity index (χ4v) is 3.64. The van der Waals surface area contributed by atoms with Gasteiger partial charge in [0.05, 0.1) is 10.6 Å². The number of para-hydroxylation sites is 1. The second-order valence-corrected chi connectivity index (χ2v) is 7.09. The van der Waals surface area contributed by atoms with Crippen LogP contribution in [-0.2, 0) is 0 Å². The van der Waals surface area contributed by atoms with Gasteiger partial charge in [-0.1, -0.05) is 18.2 Å². The Morgan fingerprint density at radius 2 is 1.81 bits per heavy atom. The lowest BCUT2D eigenvalue weighted by atomic mass is 10.3. The Labute approximate surface area is 160 Å². The highest BCUT2D eigenvalue weighted by Gasteiger charge is 2.22. The summed E-state index contributed by atoms with van der Waals surface area (Å²) in [5, 5.41) is 13.3. The number of anilines is 2. The number of halogens is 1. The Kier molecular flexibility index (Phi) is 4.97. The van der Waals surface area contributed by atoms with Gasteiger partial charge in [0, 0.05) is 26.2 Å². The molecule has 4 rings (SSSR count). The number of piperazine rings is 1. The number of carbonyl (C=O) groups is 1. The smallest absolute Gasteiger partial charge is 0.322 e. The van der Waals surface area contributed by atoms with Crippen LogP contribution in [0.15, 0.2) is 53.9 Å². The standard InChI is InChI=1S/C19H18FN5OS/c20-14-4-1-2-5-15(14)21-19(26)25-11-9-24(10-12-25)18-8-7-16(22-23-18)17-6-3-13-27-17/h1-8,13H,9-12H2,(H,21,26). The van der Waals surface area contributed by atoms with Gasteiger partial charge in [0.25, 0.3) is 0 Å². The summed E-state index contributed by atoms with van der Waals surface area (Å²) in [4.78, 5) is 17.2. The van der Waals surface area contributed by atoms with E-state index in [9.17, 15) is 9.18 Å². The van der Waals surface area contributed by atoms with E-state index < -0.39 is 5.82 Å². The van der Waals surface area contributed by atoms with E-state index in [1.165, 1.54) is 6.07 Å². The van der Waals surface area contributed by atoms with Gasteiger partial charge in [-0.15, -0.1) is 21.5 Å². The zero-order valence-corrected chi connectivity index (χ0v) is 15.3. The molecule has 8 heteroatoms. The third-order valence-corrected chi connectivity index (χ3v) is 5.32. The van der Waals surface area contributed by atoms with E-state index in [-0.39, 0.29) is 11.7 Å². The summed E-state index contributed by atoms with van der Waals surface area (Å²) in [6, 6.07) is 13.8. The Morgan fingerprint density at radius 3 is 2.48 bits per heavy atom. The molecule has 1 fully saturated rings. The molecule has 1 N–H and O–H groups in total. The molecule has 27 heavy (non-hydrogen) atoms. The van der Waals surface area contributed by atoms with Crippen LogP contribution in [0.4, 0.5) is 20.7 Å². The van der Waals surface area contributed by atoms with Gasteiger partial charge in [0.1, 0.15) is 11.5 Å². The van der Waals surface area contributed by atoms with Gasteiger partial charge < -0.3 is 15.1 Å². The summed E-state index contributed by atoms with van der Waals surface area (Å²) >= 11 is 1.63. The van der Waals surface area contributed by atoms with Crippen molar-refractivity contribution in [2.24, 2.45) is 0 Å². The van der Waals surface area contributed by atoms with Crippen molar-refractivity contribution >= 4 is 28.9 Å². The van der Waals surface area contributed by atoms with Gasteiger partial charge in [0.15, 0.2) is 5.82 Å². The predicted octanol–water partition coefficient (Wildman–Crippen LogP) is 3.70. The van der Waals surface area contributed by atoms with Crippen LogP contribution < -0.4 is 10.2 Å². The third kappa shape index (κ3) is 3.90. The number of carbonyl (C=O) groups excluding carboxylic acids is 1. The summed E-state index contributed by atoms with van der Waals surface area (Å²) < 4.78 is 13.7. The molecule has 1 aliphatic rings. The van der Waals surface area contributed by atoms with Crippen molar-refractivity contribution < 1.29 is 9.18 Å².